The molecular weight excluding hydrogens is 322 g/mol. The van der Waals surface area contributed by atoms with Gasteiger partial charge in [0.25, 0.3) is 0 Å². The maximum absolute atomic E-state index is 12.2. The van der Waals surface area contributed by atoms with Crippen LogP contribution < -0.4 is 4.72 Å². The fourth-order valence-electron chi connectivity index (χ4n) is 2.68. The molecule has 1 saturated carbocycles. The Hall–Kier alpha value is -0.180. The lowest BCUT2D eigenvalue weighted by Gasteiger charge is -2.35. The van der Waals surface area contributed by atoms with Crippen molar-refractivity contribution >= 4 is 33.0 Å². The number of sulfonamides is 1. The molecule has 8 heteroatoms. The molecule has 1 aliphatic heterocycles. The van der Waals surface area contributed by atoms with Gasteiger partial charge in [-0.2, -0.15) is 0 Å². The van der Waals surface area contributed by atoms with Crippen LogP contribution in [0.5, 0.6) is 0 Å². The molecule has 1 saturated heterocycles. The summed E-state index contributed by atoms with van der Waals surface area (Å²) in [4.78, 5) is 0. The van der Waals surface area contributed by atoms with Crippen LogP contribution in [0.15, 0.2) is 16.3 Å². The summed E-state index contributed by atoms with van der Waals surface area (Å²) in [5.41, 5.74) is 0. The first kappa shape index (κ1) is 14.7. The van der Waals surface area contributed by atoms with E-state index in [0.717, 1.165) is 37.0 Å². The molecule has 1 aromatic heterocycles. The molecule has 2 fully saturated rings. The minimum atomic E-state index is -3.47. The highest BCUT2D eigenvalue weighted by molar-refractivity contribution is 7.91. The average molecular weight is 338 g/mol. The third-order valence-corrected chi connectivity index (χ3v) is 6.94. The van der Waals surface area contributed by atoms with Crippen LogP contribution in [0.3, 0.4) is 0 Å². The molecule has 2 heterocycles. The van der Waals surface area contributed by atoms with E-state index in [-0.39, 0.29) is 10.3 Å². The molecule has 1 aliphatic carbocycles. The van der Waals surface area contributed by atoms with Gasteiger partial charge < -0.3 is 9.47 Å². The zero-order valence-electron chi connectivity index (χ0n) is 10.8. The monoisotopic (exact) mass is 337 g/mol. The van der Waals surface area contributed by atoms with Crippen molar-refractivity contribution in [2.75, 3.05) is 13.2 Å². The van der Waals surface area contributed by atoms with E-state index in [1.54, 1.807) is 6.07 Å². The minimum absolute atomic E-state index is 0.0701. The Morgan fingerprint density at radius 3 is 2.45 bits per heavy atom. The van der Waals surface area contributed by atoms with Crippen LogP contribution in [0.1, 0.15) is 25.7 Å². The molecule has 0 amide bonds. The molecule has 112 valence electrons. The van der Waals surface area contributed by atoms with Crippen molar-refractivity contribution in [2.24, 2.45) is 0 Å². The Balaban J connectivity index is 1.62. The van der Waals surface area contributed by atoms with Crippen LogP contribution in [0.2, 0.25) is 4.34 Å². The van der Waals surface area contributed by atoms with E-state index in [1.807, 2.05) is 0 Å². The highest BCUT2D eigenvalue weighted by Gasteiger charge is 2.41. The van der Waals surface area contributed by atoms with Gasteiger partial charge in [0, 0.05) is 18.9 Å². The summed E-state index contributed by atoms with van der Waals surface area (Å²) in [7, 11) is -3.47. The SMILES string of the molecule is O=S(=O)(NC1CCC2(CC1)OCCO2)c1ccc(Cl)s1. The second-order valence-electron chi connectivity index (χ2n) is 5.06. The van der Waals surface area contributed by atoms with Crippen molar-refractivity contribution in [3.63, 3.8) is 0 Å². The van der Waals surface area contributed by atoms with Crippen LogP contribution in [-0.2, 0) is 19.5 Å². The van der Waals surface area contributed by atoms with Gasteiger partial charge in [-0.25, -0.2) is 13.1 Å². The van der Waals surface area contributed by atoms with E-state index < -0.39 is 15.8 Å². The van der Waals surface area contributed by atoms with Gasteiger partial charge in [-0.15, -0.1) is 11.3 Å². The Morgan fingerprint density at radius 2 is 1.90 bits per heavy atom. The Kier molecular flexibility index (Phi) is 4.09. The fourth-order valence-corrected chi connectivity index (χ4v) is 5.49. The van der Waals surface area contributed by atoms with Crippen molar-refractivity contribution in [1.29, 1.82) is 0 Å². The number of halogens is 1. The molecule has 0 bridgehead atoms. The van der Waals surface area contributed by atoms with E-state index in [1.165, 1.54) is 6.07 Å². The summed E-state index contributed by atoms with van der Waals surface area (Å²) >= 11 is 6.85. The highest BCUT2D eigenvalue weighted by atomic mass is 35.5. The van der Waals surface area contributed by atoms with Gasteiger partial charge in [-0.05, 0) is 25.0 Å². The van der Waals surface area contributed by atoms with Gasteiger partial charge in [0.1, 0.15) is 4.21 Å². The average Bonchev–Trinajstić information content (AvgIpc) is 3.03. The molecule has 1 N–H and O–H groups in total. The zero-order valence-corrected chi connectivity index (χ0v) is 13.2. The lowest BCUT2D eigenvalue weighted by atomic mass is 9.91. The molecule has 0 atom stereocenters. The molecule has 1 spiro atoms. The van der Waals surface area contributed by atoms with Gasteiger partial charge in [0.15, 0.2) is 5.79 Å². The molecular formula is C12H16ClNO4S2. The van der Waals surface area contributed by atoms with Gasteiger partial charge >= 0.3 is 0 Å². The predicted molar refractivity (Wildman–Crippen MR) is 76.5 cm³/mol. The van der Waals surface area contributed by atoms with Crippen LogP contribution in [-0.4, -0.2) is 33.5 Å². The van der Waals surface area contributed by atoms with E-state index in [4.69, 9.17) is 21.1 Å². The first-order valence-corrected chi connectivity index (χ1v) is 9.22. The van der Waals surface area contributed by atoms with Gasteiger partial charge in [0.05, 0.1) is 17.6 Å². The van der Waals surface area contributed by atoms with Crippen LogP contribution in [0.4, 0.5) is 0 Å². The van der Waals surface area contributed by atoms with Crippen molar-refractivity contribution in [3.05, 3.63) is 16.5 Å². The number of rotatable bonds is 3. The highest BCUT2D eigenvalue weighted by Crippen LogP contribution is 2.36. The smallest absolute Gasteiger partial charge is 0.250 e. The van der Waals surface area contributed by atoms with E-state index in [9.17, 15) is 8.42 Å². The van der Waals surface area contributed by atoms with Crippen LogP contribution in [0, 0.1) is 0 Å². The summed E-state index contributed by atoms with van der Waals surface area (Å²) in [5.74, 6) is -0.464. The van der Waals surface area contributed by atoms with Gasteiger partial charge in [-0.1, -0.05) is 11.6 Å². The molecule has 2 aliphatic rings. The van der Waals surface area contributed by atoms with Crippen molar-refractivity contribution in [3.8, 4) is 0 Å². The number of hydrogen-bond acceptors (Lipinski definition) is 5. The third kappa shape index (κ3) is 3.03. The normalized spacial score (nSPS) is 23.4. The summed E-state index contributed by atoms with van der Waals surface area (Å²) in [5, 5.41) is 0. The lowest BCUT2D eigenvalue weighted by Crippen LogP contribution is -2.43. The molecule has 1 aromatic rings. The summed E-state index contributed by atoms with van der Waals surface area (Å²) in [6, 6.07) is 3.05. The molecule has 0 radical (unpaired) electrons. The lowest BCUT2D eigenvalue weighted by molar-refractivity contribution is -0.178. The third-order valence-electron chi connectivity index (χ3n) is 3.70. The van der Waals surface area contributed by atoms with Crippen LogP contribution in [0.25, 0.3) is 0 Å². The Bertz CT molecular complexity index is 570. The van der Waals surface area contributed by atoms with E-state index >= 15 is 0 Å². The summed E-state index contributed by atoms with van der Waals surface area (Å²) in [6.07, 6.45) is 2.90. The molecule has 5 nitrogen and oxygen atoms in total. The molecule has 0 unspecified atom stereocenters. The summed E-state index contributed by atoms with van der Waals surface area (Å²) < 4.78 is 39.2. The predicted octanol–water partition coefficient (Wildman–Crippen LogP) is 2.37. The second kappa shape index (κ2) is 5.55. The number of ether oxygens (including phenoxy) is 2. The quantitative estimate of drug-likeness (QED) is 0.919. The fraction of sp³-hybridized carbons (Fsp3) is 0.667. The van der Waals surface area contributed by atoms with Crippen LogP contribution >= 0.6 is 22.9 Å². The van der Waals surface area contributed by atoms with Crippen molar-refractivity contribution < 1.29 is 17.9 Å². The maximum Gasteiger partial charge on any atom is 0.250 e. The van der Waals surface area contributed by atoms with Gasteiger partial charge in [-0.3, -0.25) is 0 Å². The number of hydrogen-bond donors (Lipinski definition) is 1. The largest absolute Gasteiger partial charge is 0.348 e. The van der Waals surface area contributed by atoms with Crippen molar-refractivity contribution in [1.82, 2.24) is 4.72 Å². The number of thiophene rings is 1. The maximum atomic E-state index is 12.2. The van der Waals surface area contributed by atoms with E-state index in [2.05, 4.69) is 4.72 Å². The Morgan fingerprint density at radius 1 is 1.25 bits per heavy atom. The van der Waals surface area contributed by atoms with Gasteiger partial charge in [0.2, 0.25) is 10.0 Å². The second-order valence-corrected chi connectivity index (χ2v) is 8.72. The van der Waals surface area contributed by atoms with Crippen molar-refractivity contribution in [2.45, 2.75) is 41.7 Å². The molecule has 20 heavy (non-hydrogen) atoms. The molecule has 0 aromatic carbocycles. The topological polar surface area (TPSA) is 64.6 Å². The minimum Gasteiger partial charge on any atom is -0.348 e. The zero-order chi connectivity index (χ0) is 14.2. The number of nitrogens with one attached hydrogen (secondary N) is 1. The standard InChI is InChI=1S/C12H16ClNO4S2/c13-10-1-2-11(19-10)20(15,16)14-9-3-5-12(6-4-9)17-7-8-18-12/h1-2,9,14H,3-8H2. The van der Waals surface area contributed by atoms with E-state index in [0.29, 0.717) is 17.6 Å². The molecule has 3 rings (SSSR count). The Labute approximate surface area is 127 Å². The first-order valence-electron chi connectivity index (χ1n) is 6.55. The first-order chi connectivity index (χ1) is 9.49. The summed E-state index contributed by atoms with van der Waals surface area (Å²) in [6.45, 7) is 1.26.